The maximum Gasteiger partial charge on any atom is 0.307 e. The lowest BCUT2D eigenvalue weighted by Crippen LogP contribution is -2.49. The van der Waals surface area contributed by atoms with Crippen LogP contribution in [0.4, 0.5) is 0 Å². The summed E-state index contributed by atoms with van der Waals surface area (Å²) in [5.41, 5.74) is 5.87. The van der Waals surface area contributed by atoms with Crippen LogP contribution in [0.15, 0.2) is 0 Å². The molecule has 0 aromatic rings. The summed E-state index contributed by atoms with van der Waals surface area (Å²) in [6, 6.07) is 0. The first kappa shape index (κ1) is 14.8. The van der Waals surface area contributed by atoms with Gasteiger partial charge >= 0.3 is 5.97 Å². The van der Waals surface area contributed by atoms with Crippen LogP contribution in [-0.4, -0.2) is 17.6 Å². The van der Waals surface area contributed by atoms with Gasteiger partial charge < -0.3 is 10.5 Å². The molecule has 0 amide bonds. The Labute approximate surface area is 117 Å². The lowest BCUT2D eigenvalue weighted by atomic mass is 9.74. The highest BCUT2D eigenvalue weighted by atomic mass is 16.5. The Hall–Kier alpha value is -0.570. The minimum atomic E-state index is -0.259. The molecule has 2 aliphatic carbocycles. The standard InChI is InChI=1S/C16H29NO2/c1-11(2)13-6-5-12(3)9-14(13)19-15(18)10-16(17)7-4-8-16/h11-14H,4-10,17H2,1-3H3. The highest BCUT2D eigenvalue weighted by molar-refractivity contribution is 5.71. The monoisotopic (exact) mass is 267 g/mol. The number of carbonyl (C=O) groups excluding carboxylic acids is 1. The molecule has 19 heavy (non-hydrogen) atoms. The van der Waals surface area contributed by atoms with E-state index in [1.165, 1.54) is 12.8 Å². The molecule has 0 heterocycles. The SMILES string of the molecule is CC1CCC(C(C)C)C(OC(=O)CC2(N)CCC2)C1. The summed E-state index contributed by atoms with van der Waals surface area (Å²) in [5.74, 6) is 1.70. The molecular weight excluding hydrogens is 238 g/mol. The zero-order chi connectivity index (χ0) is 14.0. The van der Waals surface area contributed by atoms with Crippen LogP contribution in [-0.2, 0) is 9.53 Å². The number of ether oxygens (including phenoxy) is 1. The first-order valence-corrected chi connectivity index (χ1v) is 7.88. The summed E-state index contributed by atoms with van der Waals surface area (Å²) in [6.07, 6.45) is 7.07. The van der Waals surface area contributed by atoms with E-state index in [9.17, 15) is 4.79 Å². The fourth-order valence-electron chi connectivity index (χ4n) is 3.56. The molecule has 0 aromatic carbocycles. The van der Waals surface area contributed by atoms with Crippen molar-refractivity contribution in [3.8, 4) is 0 Å². The van der Waals surface area contributed by atoms with Crippen LogP contribution in [0.5, 0.6) is 0 Å². The van der Waals surface area contributed by atoms with E-state index in [0.29, 0.717) is 24.2 Å². The average Bonchev–Trinajstić information content (AvgIpc) is 2.26. The summed E-state index contributed by atoms with van der Waals surface area (Å²) in [7, 11) is 0. The van der Waals surface area contributed by atoms with Crippen LogP contribution in [0.25, 0.3) is 0 Å². The topological polar surface area (TPSA) is 52.3 Å². The Morgan fingerprint density at radius 3 is 2.58 bits per heavy atom. The molecule has 3 unspecified atom stereocenters. The molecule has 3 nitrogen and oxygen atoms in total. The molecule has 2 aliphatic rings. The maximum absolute atomic E-state index is 12.1. The minimum Gasteiger partial charge on any atom is -0.462 e. The quantitative estimate of drug-likeness (QED) is 0.795. The number of carbonyl (C=O) groups is 1. The predicted molar refractivity (Wildman–Crippen MR) is 76.6 cm³/mol. The molecule has 3 atom stereocenters. The van der Waals surface area contributed by atoms with Crippen molar-refractivity contribution >= 4 is 5.97 Å². The largest absolute Gasteiger partial charge is 0.462 e. The van der Waals surface area contributed by atoms with Crippen molar-refractivity contribution in [3.05, 3.63) is 0 Å². The molecule has 2 N–H and O–H groups in total. The van der Waals surface area contributed by atoms with Crippen molar-refractivity contribution in [1.82, 2.24) is 0 Å². The van der Waals surface area contributed by atoms with Crippen LogP contribution in [0.1, 0.15) is 65.7 Å². The van der Waals surface area contributed by atoms with Gasteiger partial charge in [-0.2, -0.15) is 0 Å². The fraction of sp³-hybridized carbons (Fsp3) is 0.938. The van der Waals surface area contributed by atoms with E-state index in [2.05, 4.69) is 20.8 Å². The van der Waals surface area contributed by atoms with E-state index in [-0.39, 0.29) is 17.6 Å². The first-order chi connectivity index (χ1) is 8.89. The molecule has 0 bridgehead atoms. The molecule has 110 valence electrons. The van der Waals surface area contributed by atoms with Gasteiger partial charge in [-0.25, -0.2) is 0 Å². The van der Waals surface area contributed by atoms with E-state index in [4.69, 9.17) is 10.5 Å². The lowest BCUT2D eigenvalue weighted by Gasteiger charge is -2.39. The van der Waals surface area contributed by atoms with Crippen molar-refractivity contribution in [1.29, 1.82) is 0 Å². The van der Waals surface area contributed by atoms with E-state index in [1.807, 2.05) is 0 Å². The number of nitrogens with two attached hydrogens (primary N) is 1. The van der Waals surface area contributed by atoms with Gasteiger partial charge in [-0.05, 0) is 49.9 Å². The Morgan fingerprint density at radius 1 is 1.37 bits per heavy atom. The Balaban J connectivity index is 1.89. The van der Waals surface area contributed by atoms with Gasteiger partial charge in [0.05, 0.1) is 6.42 Å². The van der Waals surface area contributed by atoms with E-state index >= 15 is 0 Å². The van der Waals surface area contributed by atoms with Crippen molar-refractivity contribution in [2.45, 2.75) is 77.4 Å². The summed E-state index contributed by atoms with van der Waals surface area (Å²) in [5, 5.41) is 0. The molecule has 3 heteroatoms. The van der Waals surface area contributed by atoms with Gasteiger partial charge in [0.25, 0.3) is 0 Å². The Kier molecular flexibility index (Phi) is 4.54. The van der Waals surface area contributed by atoms with E-state index in [1.54, 1.807) is 0 Å². The molecule has 0 saturated heterocycles. The van der Waals surface area contributed by atoms with Crippen LogP contribution < -0.4 is 5.73 Å². The summed E-state index contributed by atoms with van der Waals surface area (Å²) in [4.78, 5) is 12.1. The number of hydrogen-bond acceptors (Lipinski definition) is 3. The summed E-state index contributed by atoms with van der Waals surface area (Å²) < 4.78 is 5.79. The van der Waals surface area contributed by atoms with Crippen LogP contribution in [0.2, 0.25) is 0 Å². The normalized spacial score (nSPS) is 33.8. The summed E-state index contributed by atoms with van der Waals surface area (Å²) in [6.45, 7) is 6.73. The third kappa shape index (κ3) is 3.71. The highest BCUT2D eigenvalue weighted by Crippen LogP contribution is 2.37. The van der Waals surface area contributed by atoms with Gasteiger partial charge in [-0.1, -0.05) is 27.2 Å². The number of rotatable bonds is 4. The van der Waals surface area contributed by atoms with E-state index < -0.39 is 0 Å². The van der Waals surface area contributed by atoms with Crippen molar-refractivity contribution in [3.63, 3.8) is 0 Å². The van der Waals surface area contributed by atoms with Crippen LogP contribution in [0.3, 0.4) is 0 Å². The van der Waals surface area contributed by atoms with Gasteiger partial charge in [-0.3, -0.25) is 4.79 Å². The molecule has 0 spiro atoms. The fourth-order valence-corrected chi connectivity index (χ4v) is 3.56. The predicted octanol–water partition coefficient (Wildman–Crippen LogP) is 3.26. The minimum absolute atomic E-state index is 0.0769. The van der Waals surface area contributed by atoms with Gasteiger partial charge in [0.15, 0.2) is 0 Å². The second kappa shape index (κ2) is 5.82. The van der Waals surface area contributed by atoms with Crippen molar-refractivity contribution < 1.29 is 9.53 Å². The molecule has 0 radical (unpaired) electrons. The molecule has 2 saturated carbocycles. The van der Waals surface area contributed by atoms with Crippen LogP contribution >= 0.6 is 0 Å². The zero-order valence-electron chi connectivity index (χ0n) is 12.7. The molecule has 2 fully saturated rings. The Morgan fingerprint density at radius 2 is 2.05 bits per heavy atom. The third-order valence-corrected chi connectivity index (χ3v) is 5.09. The van der Waals surface area contributed by atoms with Gasteiger partial charge in [0.2, 0.25) is 0 Å². The van der Waals surface area contributed by atoms with Crippen molar-refractivity contribution in [2.24, 2.45) is 23.5 Å². The maximum atomic E-state index is 12.1. The molecule has 2 rings (SSSR count). The number of esters is 1. The number of hydrogen-bond donors (Lipinski definition) is 1. The smallest absolute Gasteiger partial charge is 0.307 e. The molecule has 0 aliphatic heterocycles. The zero-order valence-corrected chi connectivity index (χ0v) is 12.7. The Bertz CT molecular complexity index is 323. The molecule has 0 aromatic heterocycles. The first-order valence-electron chi connectivity index (χ1n) is 7.88. The van der Waals surface area contributed by atoms with Crippen molar-refractivity contribution in [2.75, 3.05) is 0 Å². The van der Waals surface area contributed by atoms with Gasteiger partial charge in [0.1, 0.15) is 6.10 Å². The summed E-state index contributed by atoms with van der Waals surface area (Å²) >= 11 is 0. The molecular formula is C16H29NO2. The van der Waals surface area contributed by atoms with Gasteiger partial charge in [0, 0.05) is 5.54 Å². The third-order valence-electron chi connectivity index (χ3n) is 5.09. The van der Waals surface area contributed by atoms with Gasteiger partial charge in [-0.15, -0.1) is 0 Å². The lowest BCUT2D eigenvalue weighted by molar-refractivity contribution is -0.158. The van der Waals surface area contributed by atoms with Crippen LogP contribution in [0, 0.1) is 17.8 Å². The van der Waals surface area contributed by atoms with E-state index in [0.717, 1.165) is 25.7 Å². The highest BCUT2D eigenvalue weighted by Gasteiger charge is 2.38. The average molecular weight is 267 g/mol. The second-order valence-corrected chi connectivity index (χ2v) is 7.25. The second-order valence-electron chi connectivity index (χ2n) is 7.25.